The monoisotopic (exact) mass is 437 g/mol. The molecule has 1 aliphatic rings. The molecule has 0 radical (unpaired) electrons. The number of ketones is 1. The van der Waals surface area contributed by atoms with E-state index in [0.717, 1.165) is 31.6 Å². The van der Waals surface area contributed by atoms with Crippen LogP contribution in [-0.4, -0.2) is 64.9 Å². The van der Waals surface area contributed by atoms with Gasteiger partial charge in [0.15, 0.2) is 0 Å². The van der Waals surface area contributed by atoms with Crippen LogP contribution in [0.1, 0.15) is 43.1 Å². The highest BCUT2D eigenvalue weighted by Gasteiger charge is 2.46. The van der Waals surface area contributed by atoms with Gasteiger partial charge in [0.05, 0.1) is 18.4 Å². The van der Waals surface area contributed by atoms with Crippen molar-refractivity contribution < 1.29 is 19.4 Å². The highest BCUT2D eigenvalue weighted by molar-refractivity contribution is 6.46. The molecule has 0 unspecified atom stereocenters. The molecule has 1 aliphatic heterocycles. The van der Waals surface area contributed by atoms with Crippen molar-refractivity contribution in [2.24, 2.45) is 0 Å². The van der Waals surface area contributed by atoms with Gasteiger partial charge in [0, 0.05) is 18.3 Å². The van der Waals surface area contributed by atoms with Gasteiger partial charge in [0.1, 0.15) is 17.6 Å². The molecule has 1 saturated heterocycles. The van der Waals surface area contributed by atoms with E-state index in [1.54, 1.807) is 43.6 Å². The number of amides is 1. The highest BCUT2D eigenvalue weighted by atomic mass is 16.5. The van der Waals surface area contributed by atoms with Gasteiger partial charge in [-0.1, -0.05) is 19.9 Å². The molecule has 1 amide bonds. The summed E-state index contributed by atoms with van der Waals surface area (Å²) in [6.45, 7) is 9.13. The average molecular weight is 438 g/mol. The smallest absolute Gasteiger partial charge is 0.295 e. The topological polar surface area (TPSA) is 83.0 Å². The number of hydrogen-bond donors (Lipinski definition) is 1. The number of pyridine rings is 1. The zero-order chi connectivity index (χ0) is 23.3. The fourth-order valence-electron chi connectivity index (χ4n) is 4.14. The van der Waals surface area contributed by atoms with E-state index in [0.29, 0.717) is 23.6 Å². The lowest BCUT2D eigenvalue weighted by atomic mass is 9.97. The van der Waals surface area contributed by atoms with Crippen molar-refractivity contribution in [3.63, 3.8) is 0 Å². The van der Waals surface area contributed by atoms with Crippen molar-refractivity contribution in [1.82, 2.24) is 14.8 Å². The molecule has 7 heteroatoms. The van der Waals surface area contributed by atoms with Crippen molar-refractivity contribution in [1.29, 1.82) is 0 Å². The third kappa shape index (κ3) is 4.67. The largest absolute Gasteiger partial charge is 0.507 e. The zero-order valence-corrected chi connectivity index (χ0v) is 19.2. The van der Waals surface area contributed by atoms with Crippen molar-refractivity contribution >= 4 is 17.4 Å². The number of aliphatic hydroxyl groups is 1. The lowest BCUT2D eigenvalue weighted by molar-refractivity contribution is -0.140. The Morgan fingerprint density at radius 3 is 2.53 bits per heavy atom. The maximum absolute atomic E-state index is 13.1. The molecule has 1 N–H and O–H groups in total. The van der Waals surface area contributed by atoms with Crippen LogP contribution < -0.4 is 4.74 Å². The Balaban J connectivity index is 2.02. The maximum atomic E-state index is 13.1. The van der Waals surface area contributed by atoms with Crippen LogP contribution in [0.15, 0.2) is 48.2 Å². The molecular weight excluding hydrogens is 406 g/mol. The van der Waals surface area contributed by atoms with E-state index < -0.39 is 17.7 Å². The normalized spacial score (nSPS) is 17.9. The van der Waals surface area contributed by atoms with Gasteiger partial charge in [-0.25, -0.2) is 0 Å². The van der Waals surface area contributed by atoms with Crippen molar-refractivity contribution in [3.05, 3.63) is 65.0 Å². The molecule has 170 valence electrons. The van der Waals surface area contributed by atoms with Crippen LogP contribution in [-0.2, 0) is 9.59 Å². The van der Waals surface area contributed by atoms with Gasteiger partial charge in [-0.15, -0.1) is 0 Å². The van der Waals surface area contributed by atoms with Crippen LogP contribution in [0.5, 0.6) is 5.75 Å². The van der Waals surface area contributed by atoms with E-state index in [1.807, 2.05) is 13.0 Å². The average Bonchev–Trinajstić information content (AvgIpc) is 3.06. The number of benzene rings is 1. The number of Topliss-reactive ketones (excluding diaryl/α,β-unsaturated/α-hetero) is 1. The molecule has 1 aromatic carbocycles. The quantitative estimate of drug-likeness (QED) is 0.367. The number of methoxy groups -OCH3 is 1. The second kappa shape index (κ2) is 10.4. The second-order valence-electron chi connectivity index (χ2n) is 7.81. The third-order valence-corrected chi connectivity index (χ3v) is 5.94. The Hall–Kier alpha value is -3.19. The molecule has 1 aromatic heterocycles. The molecule has 1 fully saturated rings. The SMILES string of the molecule is CCN(CC)CCCN1C(=O)C(=O)/C(=C(/O)c2ccc(OC)c(C)c2)[C@@H]1c1ccccn1. The number of ether oxygens (including phenoxy) is 1. The van der Waals surface area contributed by atoms with E-state index in [9.17, 15) is 14.7 Å². The van der Waals surface area contributed by atoms with Gasteiger partial charge in [-0.2, -0.15) is 0 Å². The second-order valence-corrected chi connectivity index (χ2v) is 7.81. The van der Waals surface area contributed by atoms with Crippen LogP contribution >= 0.6 is 0 Å². The number of likely N-dealkylation sites (tertiary alicyclic amines) is 1. The maximum Gasteiger partial charge on any atom is 0.295 e. The van der Waals surface area contributed by atoms with Crippen LogP contribution in [0, 0.1) is 6.92 Å². The molecule has 0 saturated carbocycles. The Labute approximate surface area is 189 Å². The molecule has 32 heavy (non-hydrogen) atoms. The van der Waals surface area contributed by atoms with Crippen molar-refractivity contribution in [2.75, 3.05) is 33.3 Å². The summed E-state index contributed by atoms with van der Waals surface area (Å²) in [5.74, 6) is -0.808. The third-order valence-electron chi connectivity index (χ3n) is 5.94. The first-order valence-corrected chi connectivity index (χ1v) is 11.0. The molecule has 3 rings (SSSR count). The minimum absolute atomic E-state index is 0.0705. The van der Waals surface area contributed by atoms with E-state index in [1.165, 1.54) is 4.90 Å². The molecule has 7 nitrogen and oxygen atoms in total. The Morgan fingerprint density at radius 1 is 1.19 bits per heavy atom. The first-order chi connectivity index (χ1) is 15.4. The van der Waals surface area contributed by atoms with Gasteiger partial charge in [-0.05, 0) is 68.9 Å². The molecule has 0 spiro atoms. The van der Waals surface area contributed by atoms with E-state index >= 15 is 0 Å². The Morgan fingerprint density at radius 2 is 1.94 bits per heavy atom. The van der Waals surface area contributed by atoms with Gasteiger partial charge in [0.2, 0.25) is 0 Å². The summed E-state index contributed by atoms with van der Waals surface area (Å²) in [7, 11) is 1.58. The summed E-state index contributed by atoms with van der Waals surface area (Å²) in [5.41, 5.74) is 1.91. The summed E-state index contributed by atoms with van der Waals surface area (Å²) in [5, 5.41) is 11.1. The van der Waals surface area contributed by atoms with Crippen molar-refractivity contribution in [2.45, 2.75) is 33.2 Å². The first kappa shape index (κ1) is 23.5. The molecule has 1 atom stereocenters. The summed E-state index contributed by atoms with van der Waals surface area (Å²) in [6, 6.07) is 9.82. The van der Waals surface area contributed by atoms with Gasteiger partial charge in [-0.3, -0.25) is 14.6 Å². The standard InChI is InChI=1S/C25H31N3O4/c1-5-27(6-2)14-9-15-28-22(19-10-7-8-13-26-19)21(24(30)25(28)31)23(29)18-11-12-20(32-4)17(3)16-18/h7-8,10-13,16,22,29H,5-6,9,14-15H2,1-4H3/b23-21+/t22-/m0/s1. The lowest BCUT2D eigenvalue weighted by Crippen LogP contribution is -2.33. The minimum Gasteiger partial charge on any atom is -0.507 e. The molecular formula is C25H31N3O4. The van der Waals surface area contributed by atoms with E-state index in [4.69, 9.17) is 4.74 Å². The number of hydrogen-bond acceptors (Lipinski definition) is 6. The number of carbonyl (C=O) groups excluding carboxylic acids is 2. The fourth-order valence-corrected chi connectivity index (χ4v) is 4.14. The number of nitrogens with zero attached hydrogens (tertiary/aromatic N) is 3. The van der Waals surface area contributed by atoms with Crippen LogP contribution in [0.4, 0.5) is 0 Å². The van der Waals surface area contributed by atoms with Crippen LogP contribution in [0.2, 0.25) is 0 Å². The van der Waals surface area contributed by atoms with Crippen LogP contribution in [0.3, 0.4) is 0 Å². The Bertz CT molecular complexity index is 1000. The number of carbonyl (C=O) groups is 2. The number of aryl methyl sites for hydroxylation is 1. The first-order valence-electron chi connectivity index (χ1n) is 11.0. The fraction of sp³-hybridized carbons (Fsp3) is 0.400. The number of aliphatic hydroxyl groups excluding tert-OH is 1. The van der Waals surface area contributed by atoms with Gasteiger partial charge < -0.3 is 19.6 Å². The van der Waals surface area contributed by atoms with E-state index in [-0.39, 0.29) is 11.3 Å². The van der Waals surface area contributed by atoms with Gasteiger partial charge >= 0.3 is 0 Å². The Kier molecular flexibility index (Phi) is 7.64. The molecule has 2 heterocycles. The minimum atomic E-state index is -0.727. The summed E-state index contributed by atoms with van der Waals surface area (Å²) < 4.78 is 5.29. The lowest BCUT2D eigenvalue weighted by Gasteiger charge is -2.26. The molecule has 0 aliphatic carbocycles. The highest BCUT2D eigenvalue weighted by Crippen LogP contribution is 2.39. The number of rotatable bonds is 9. The van der Waals surface area contributed by atoms with E-state index in [2.05, 4.69) is 23.7 Å². The summed E-state index contributed by atoms with van der Waals surface area (Å²) in [6.07, 6.45) is 2.35. The molecule has 0 bridgehead atoms. The molecule has 2 aromatic rings. The van der Waals surface area contributed by atoms with Crippen molar-refractivity contribution in [3.8, 4) is 5.75 Å². The summed E-state index contributed by atoms with van der Waals surface area (Å²) >= 11 is 0. The number of aromatic nitrogens is 1. The summed E-state index contributed by atoms with van der Waals surface area (Å²) in [4.78, 5) is 34.3. The predicted molar refractivity (Wildman–Crippen MR) is 123 cm³/mol. The zero-order valence-electron chi connectivity index (χ0n) is 19.2. The van der Waals surface area contributed by atoms with Gasteiger partial charge in [0.25, 0.3) is 11.7 Å². The van der Waals surface area contributed by atoms with Crippen LogP contribution in [0.25, 0.3) is 5.76 Å². The predicted octanol–water partition coefficient (Wildman–Crippen LogP) is 3.55.